The van der Waals surface area contributed by atoms with Crippen LogP contribution in [-0.2, 0) is 0 Å². The molecule has 2 heterocycles. The average Bonchev–Trinajstić information content (AvgIpc) is 3.13. The lowest BCUT2D eigenvalue weighted by Crippen LogP contribution is -2.29. The Labute approximate surface area is 195 Å². The molecule has 0 N–H and O–H groups in total. The fourth-order valence-corrected chi connectivity index (χ4v) is 4.34. The van der Waals surface area contributed by atoms with E-state index in [1.165, 1.54) is 17.0 Å². The number of hydrogen-bond acceptors (Lipinski definition) is 5. The van der Waals surface area contributed by atoms with Gasteiger partial charge in [0, 0.05) is 5.69 Å². The molecule has 0 radical (unpaired) electrons. The maximum Gasteiger partial charge on any atom is 0.295 e. The highest BCUT2D eigenvalue weighted by molar-refractivity contribution is 6.10. The molecule has 1 amide bonds. The van der Waals surface area contributed by atoms with Crippen molar-refractivity contribution in [1.29, 1.82) is 0 Å². The molecule has 0 spiro atoms. The van der Waals surface area contributed by atoms with E-state index in [0.29, 0.717) is 36.0 Å². The number of halogens is 1. The standard InChI is InChI=1S/C27H22FNO5/c1-3-32-19-11-9-18(10-12-19)29-24(16-6-5-7-20(14-16)33-4-2)23-25(30)21-15-17(28)8-13-22(21)34-26(23)27(29)31/h5-15,24H,3-4H2,1-2H3. The molecule has 172 valence electrons. The Balaban J connectivity index is 1.74. The second-order valence-electron chi connectivity index (χ2n) is 7.82. The van der Waals surface area contributed by atoms with Crippen LogP contribution < -0.4 is 19.8 Å². The van der Waals surface area contributed by atoms with E-state index >= 15 is 0 Å². The molecule has 0 bridgehead atoms. The number of amides is 1. The average molecular weight is 459 g/mol. The number of carbonyl (C=O) groups is 1. The Kier molecular flexibility index (Phi) is 5.53. The predicted octanol–water partition coefficient (Wildman–Crippen LogP) is 5.48. The molecule has 34 heavy (non-hydrogen) atoms. The van der Waals surface area contributed by atoms with E-state index in [4.69, 9.17) is 13.9 Å². The first-order chi connectivity index (χ1) is 16.5. The Morgan fingerprint density at radius 2 is 1.65 bits per heavy atom. The molecule has 6 nitrogen and oxygen atoms in total. The predicted molar refractivity (Wildman–Crippen MR) is 126 cm³/mol. The Bertz CT molecular complexity index is 1440. The molecular formula is C27H22FNO5. The maximum atomic E-state index is 14.0. The summed E-state index contributed by atoms with van der Waals surface area (Å²) in [5, 5.41) is 0.0889. The van der Waals surface area contributed by atoms with Gasteiger partial charge in [-0.3, -0.25) is 14.5 Å². The summed E-state index contributed by atoms with van der Waals surface area (Å²) in [6.45, 7) is 4.75. The summed E-state index contributed by atoms with van der Waals surface area (Å²) >= 11 is 0. The van der Waals surface area contributed by atoms with Gasteiger partial charge >= 0.3 is 0 Å². The van der Waals surface area contributed by atoms with Gasteiger partial charge in [0.05, 0.1) is 30.2 Å². The third-order valence-electron chi connectivity index (χ3n) is 5.74. The van der Waals surface area contributed by atoms with Crippen molar-refractivity contribution in [2.45, 2.75) is 19.9 Å². The van der Waals surface area contributed by atoms with Crippen molar-refractivity contribution in [3.05, 3.63) is 99.7 Å². The number of fused-ring (bicyclic) bond motifs is 2. The van der Waals surface area contributed by atoms with E-state index in [2.05, 4.69) is 0 Å². The number of carbonyl (C=O) groups excluding carboxylic acids is 1. The number of hydrogen-bond donors (Lipinski definition) is 0. The molecule has 1 aromatic heterocycles. The molecule has 0 aliphatic carbocycles. The van der Waals surface area contributed by atoms with Gasteiger partial charge in [-0.2, -0.15) is 0 Å². The summed E-state index contributed by atoms with van der Waals surface area (Å²) < 4.78 is 31.0. The zero-order valence-electron chi connectivity index (χ0n) is 18.7. The SMILES string of the molecule is CCOc1ccc(N2C(=O)c3oc4ccc(F)cc4c(=O)c3C2c2cccc(OCC)c2)cc1. The summed E-state index contributed by atoms with van der Waals surface area (Å²) in [4.78, 5) is 28.7. The first-order valence-electron chi connectivity index (χ1n) is 11.1. The topological polar surface area (TPSA) is 69.0 Å². The summed E-state index contributed by atoms with van der Waals surface area (Å²) in [5.74, 6) is 0.228. The lowest BCUT2D eigenvalue weighted by atomic mass is 9.98. The Morgan fingerprint density at radius 3 is 2.38 bits per heavy atom. The first kappa shape index (κ1) is 21.7. The van der Waals surface area contributed by atoms with Crippen LogP contribution in [0.5, 0.6) is 11.5 Å². The van der Waals surface area contributed by atoms with Gasteiger partial charge < -0.3 is 13.9 Å². The highest BCUT2D eigenvalue weighted by Crippen LogP contribution is 2.42. The van der Waals surface area contributed by atoms with Gasteiger partial charge in [-0.25, -0.2) is 4.39 Å². The smallest absolute Gasteiger partial charge is 0.295 e. The van der Waals surface area contributed by atoms with Crippen molar-refractivity contribution < 1.29 is 23.1 Å². The van der Waals surface area contributed by atoms with Crippen molar-refractivity contribution in [3.8, 4) is 11.5 Å². The number of ether oxygens (including phenoxy) is 2. The lowest BCUT2D eigenvalue weighted by molar-refractivity contribution is 0.0971. The van der Waals surface area contributed by atoms with Crippen LogP contribution in [-0.4, -0.2) is 19.1 Å². The van der Waals surface area contributed by atoms with Gasteiger partial charge in [0.1, 0.15) is 22.9 Å². The van der Waals surface area contributed by atoms with Crippen molar-refractivity contribution in [1.82, 2.24) is 0 Å². The number of nitrogens with zero attached hydrogens (tertiary/aromatic N) is 1. The second kappa shape index (κ2) is 8.67. The highest BCUT2D eigenvalue weighted by Gasteiger charge is 2.43. The minimum atomic E-state index is -0.773. The van der Waals surface area contributed by atoms with E-state index in [-0.39, 0.29) is 22.3 Å². The molecule has 1 aliphatic heterocycles. The fraction of sp³-hybridized carbons (Fsp3) is 0.185. The Hall–Kier alpha value is -4.13. The fourth-order valence-electron chi connectivity index (χ4n) is 4.34. The quantitative estimate of drug-likeness (QED) is 0.382. The second-order valence-corrected chi connectivity index (χ2v) is 7.82. The van der Waals surface area contributed by atoms with Crippen molar-refractivity contribution in [3.63, 3.8) is 0 Å². The van der Waals surface area contributed by atoms with Crippen LogP contribution in [0.15, 0.2) is 75.9 Å². The van der Waals surface area contributed by atoms with Crippen LogP contribution in [0.2, 0.25) is 0 Å². The molecule has 0 saturated carbocycles. The molecule has 7 heteroatoms. The Morgan fingerprint density at radius 1 is 0.912 bits per heavy atom. The molecule has 3 aromatic carbocycles. The first-order valence-corrected chi connectivity index (χ1v) is 11.1. The number of rotatable bonds is 6. The van der Waals surface area contributed by atoms with Crippen molar-refractivity contribution in [2.24, 2.45) is 0 Å². The van der Waals surface area contributed by atoms with Crippen LogP contribution in [0, 0.1) is 5.82 Å². The van der Waals surface area contributed by atoms with Crippen LogP contribution in [0.4, 0.5) is 10.1 Å². The van der Waals surface area contributed by atoms with Crippen LogP contribution >= 0.6 is 0 Å². The number of anilines is 1. The maximum absolute atomic E-state index is 14.0. The van der Waals surface area contributed by atoms with Gasteiger partial charge in [-0.15, -0.1) is 0 Å². The van der Waals surface area contributed by atoms with Crippen molar-refractivity contribution >= 4 is 22.6 Å². The summed E-state index contributed by atoms with van der Waals surface area (Å²) in [5.41, 5.74) is 1.14. The highest BCUT2D eigenvalue weighted by atomic mass is 19.1. The summed E-state index contributed by atoms with van der Waals surface area (Å²) in [6, 6.07) is 17.2. The van der Waals surface area contributed by atoms with Gasteiger partial charge in [0.15, 0.2) is 5.43 Å². The van der Waals surface area contributed by atoms with E-state index < -0.39 is 23.2 Å². The monoisotopic (exact) mass is 459 g/mol. The van der Waals surface area contributed by atoms with Gasteiger partial charge in [0.25, 0.3) is 5.91 Å². The third kappa shape index (κ3) is 3.59. The summed E-state index contributed by atoms with van der Waals surface area (Å²) in [6.07, 6.45) is 0. The van der Waals surface area contributed by atoms with E-state index in [0.717, 1.165) is 6.07 Å². The molecule has 5 rings (SSSR count). The number of benzene rings is 3. The largest absolute Gasteiger partial charge is 0.494 e. The molecule has 1 atom stereocenters. The van der Waals surface area contributed by atoms with Crippen LogP contribution in [0.25, 0.3) is 11.0 Å². The zero-order chi connectivity index (χ0) is 23.8. The molecule has 0 saturated heterocycles. The minimum Gasteiger partial charge on any atom is -0.494 e. The van der Waals surface area contributed by atoms with Gasteiger partial charge in [0.2, 0.25) is 5.76 Å². The van der Waals surface area contributed by atoms with Crippen LogP contribution in [0.1, 0.15) is 41.6 Å². The molecule has 1 unspecified atom stereocenters. The molecular weight excluding hydrogens is 437 g/mol. The summed E-state index contributed by atoms with van der Waals surface area (Å²) in [7, 11) is 0. The zero-order valence-corrected chi connectivity index (χ0v) is 18.7. The van der Waals surface area contributed by atoms with Gasteiger partial charge in [-0.05, 0) is 74.0 Å². The molecule has 1 aliphatic rings. The third-order valence-corrected chi connectivity index (χ3v) is 5.74. The van der Waals surface area contributed by atoms with E-state index in [9.17, 15) is 14.0 Å². The molecule has 4 aromatic rings. The lowest BCUT2D eigenvalue weighted by Gasteiger charge is -2.25. The molecule has 0 fully saturated rings. The minimum absolute atomic E-state index is 0.0511. The van der Waals surface area contributed by atoms with Crippen LogP contribution in [0.3, 0.4) is 0 Å². The van der Waals surface area contributed by atoms with E-state index in [1.807, 2.05) is 32.0 Å². The van der Waals surface area contributed by atoms with Gasteiger partial charge in [-0.1, -0.05) is 12.1 Å². The normalized spacial score (nSPS) is 15.0. The van der Waals surface area contributed by atoms with Crippen molar-refractivity contribution in [2.75, 3.05) is 18.1 Å². The van der Waals surface area contributed by atoms with E-state index in [1.54, 1.807) is 30.3 Å².